The van der Waals surface area contributed by atoms with Crippen molar-refractivity contribution < 1.29 is 23.9 Å². The van der Waals surface area contributed by atoms with Crippen molar-refractivity contribution in [3.05, 3.63) is 52.5 Å². The molecule has 2 aromatic carbocycles. The molecule has 1 unspecified atom stereocenters. The van der Waals surface area contributed by atoms with Crippen LogP contribution in [0.5, 0.6) is 5.75 Å². The van der Waals surface area contributed by atoms with Gasteiger partial charge in [0.1, 0.15) is 11.9 Å². The van der Waals surface area contributed by atoms with Crippen LogP contribution in [0.1, 0.15) is 28.8 Å². The molecule has 31 heavy (non-hydrogen) atoms. The van der Waals surface area contributed by atoms with Crippen molar-refractivity contribution in [1.29, 1.82) is 0 Å². The van der Waals surface area contributed by atoms with E-state index >= 15 is 0 Å². The van der Waals surface area contributed by atoms with Gasteiger partial charge in [-0.2, -0.15) is 0 Å². The first-order valence-electron chi connectivity index (χ1n) is 9.93. The maximum atomic E-state index is 12.0. The second kappa shape index (κ2) is 9.83. The van der Waals surface area contributed by atoms with Crippen molar-refractivity contribution in [1.82, 2.24) is 10.2 Å². The van der Waals surface area contributed by atoms with Crippen LogP contribution in [0.3, 0.4) is 0 Å². The van der Waals surface area contributed by atoms with Crippen molar-refractivity contribution in [3.63, 3.8) is 0 Å². The fraction of sp³-hybridized carbons (Fsp3) is 0.348. The molecule has 1 N–H and O–H groups in total. The van der Waals surface area contributed by atoms with Crippen LogP contribution in [-0.2, 0) is 20.7 Å². The molecule has 1 aliphatic heterocycles. The Kier molecular flexibility index (Phi) is 7.17. The molecule has 1 heterocycles. The number of amides is 2. The van der Waals surface area contributed by atoms with Crippen LogP contribution in [0.25, 0.3) is 11.1 Å². The highest BCUT2D eigenvalue weighted by Crippen LogP contribution is 2.39. The molecule has 0 bridgehead atoms. The van der Waals surface area contributed by atoms with Crippen LogP contribution in [0.4, 0.5) is 0 Å². The normalized spacial score (nSPS) is 14.4. The lowest BCUT2D eigenvalue weighted by atomic mass is 9.99. The molecular formula is C23H25ClN2O5. The molecule has 0 saturated carbocycles. The van der Waals surface area contributed by atoms with Crippen LogP contribution in [0.2, 0.25) is 5.02 Å². The number of nitrogens with zero attached hydrogens (tertiary/aromatic N) is 1. The lowest BCUT2D eigenvalue weighted by Gasteiger charge is -2.13. The summed E-state index contributed by atoms with van der Waals surface area (Å²) >= 11 is 6.45. The summed E-state index contributed by atoms with van der Waals surface area (Å²) in [4.78, 5) is 36.9. The largest absolute Gasteiger partial charge is 0.486 e. The number of carbonyl (C=O) groups excluding carboxylic acids is 3. The Balaban J connectivity index is 1.64. The highest BCUT2D eigenvalue weighted by atomic mass is 35.5. The number of hydrogen-bond donors (Lipinski definition) is 1. The van der Waals surface area contributed by atoms with Crippen LogP contribution in [0, 0.1) is 0 Å². The van der Waals surface area contributed by atoms with Crippen LogP contribution in [-0.4, -0.2) is 56.5 Å². The summed E-state index contributed by atoms with van der Waals surface area (Å²) in [7, 11) is 4.67. The first-order chi connectivity index (χ1) is 14.8. The van der Waals surface area contributed by atoms with Crippen LogP contribution >= 0.6 is 11.6 Å². The second-order valence-corrected chi connectivity index (χ2v) is 7.96. The molecule has 2 amide bonds. The fourth-order valence-corrected chi connectivity index (χ4v) is 3.66. The zero-order valence-corrected chi connectivity index (χ0v) is 18.5. The number of hydrogen-bond acceptors (Lipinski definition) is 5. The SMILES string of the molecule is COC(=O)c1cccc(-c2cc(Cl)c3c(c2)CC(CNC(=O)CCC(=O)N(C)C)O3)c1. The average molecular weight is 445 g/mol. The molecule has 8 heteroatoms. The molecular weight excluding hydrogens is 420 g/mol. The van der Waals surface area contributed by atoms with E-state index < -0.39 is 5.97 Å². The van der Waals surface area contributed by atoms with E-state index in [1.165, 1.54) is 12.0 Å². The Morgan fingerprint density at radius 3 is 2.65 bits per heavy atom. The maximum Gasteiger partial charge on any atom is 0.337 e. The van der Waals surface area contributed by atoms with Crippen LogP contribution in [0.15, 0.2) is 36.4 Å². The monoisotopic (exact) mass is 444 g/mol. The van der Waals surface area contributed by atoms with E-state index in [-0.39, 0.29) is 30.8 Å². The molecule has 1 atom stereocenters. The number of halogens is 1. The minimum atomic E-state index is -0.402. The van der Waals surface area contributed by atoms with Gasteiger partial charge in [0.25, 0.3) is 0 Å². The smallest absolute Gasteiger partial charge is 0.337 e. The summed E-state index contributed by atoms with van der Waals surface area (Å²) in [5.74, 6) is -0.0754. The van der Waals surface area contributed by atoms with Crippen molar-refractivity contribution in [3.8, 4) is 16.9 Å². The number of carbonyl (C=O) groups is 3. The number of methoxy groups -OCH3 is 1. The van der Waals surface area contributed by atoms with Gasteiger partial charge in [-0.3, -0.25) is 9.59 Å². The number of nitrogens with one attached hydrogen (secondary N) is 1. The number of ether oxygens (including phenoxy) is 2. The van der Waals surface area contributed by atoms with Crippen molar-refractivity contribution in [2.24, 2.45) is 0 Å². The van der Waals surface area contributed by atoms with E-state index in [0.717, 1.165) is 16.7 Å². The van der Waals surface area contributed by atoms with Gasteiger partial charge < -0.3 is 19.7 Å². The van der Waals surface area contributed by atoms with Gasteiger partial charge >= 0.3 is 5.97 Å². The second-order valence-electron chi connectivity index (χ2n) is 7.55. The molecule has 0 saturated heterocycles. The molecule has 0 aromatic heterocycles. The van der Waals surface area contributed by atoms with Gasteiger partial charge in [0.2, 0.25) is 11.8 Å². The van der Waals surface area contributed by atoms with Crippen molar-refractivity contribution in [2.75, 3.05) is 27.7 Å². The quantitative estimate of drug-likeness (QED) is 0.663. The summed E-state index contributed by atoms with van der Waals surface area (Å²) in [6, 6.07) is 10.9. The van der Waals surface area contributed by atoms with Gasteiger partial charge in [-0.1, -0.05) is 23.7 Å². The van der Waals surface area contributed by atoms with Crippen molar-refractivity contribution >= 4 is 29.4 Å². The van der Waals surface area contributed by atoms with Crippen molar-refractivity contribution in [2.45, 2.75) is 25.4 Å². The molecule has 164 valence electrons. The molecule has 0 fully saturated rings. The van der Waals surface area contributed by atoms with Gasteiger partial charge in [0.05, 0.1) is 24.2 Å². The molecule has 1 aliphatic rings. The summed E-state index contributed by atoms with van der Waals surface area (Å²) in [6.45, 7) is 0.327. The standard InChI is InChI=1S/C23H25ClN2O5/c1-26(2)21(28)8-7-20(27)25-13-18-11-17-10-16(12-19(24)22(17)31-18)14-5-4-6-15(9-14)23(29)30-3/h4-6,9-10,12,18H,7-8,11,13H2,1-3H3,(H,25,27). The lowest BCUT2D eigenvalue weighted by Crippen LogP contribution is -2.35. The highest BCUT2D eigenvalue weighted by Gasteiger charge is 2.26. The number of esters is 1. The molecule has 7 nitrogen and oxygen atoms in total. The van der Waals surface area contributed by atoms with Gasteiger partial charge in [-0.25, -0.2) is 4.79 Å². The minimum absolute atomic E-state index is 0.0877. The Morgan fingerprint density at radius 1 is 1.16 bits per heavy atom. The summed E-state index contributed by atoms with van der Waals surface area (Å²) in [5, 5.41) is 3.29. The zero-order valence-electron chi connectivity index (χ0n) is 17.7. The van der Waals surface area contributed by atoms with E-state index in [1.54, 1.807) is 38.4 Å². The van der Waals surface area contributed by atoms with Gasteiger partial charge in [0.15, 0.2) is 0 Å². The van der Waals surface area contributed by atoms with Gasteiger partial charge in [0, 0.05) is 38.9 Å². The zero-order chi connectivity index (χ0) is 22.5. The molecule has 0 spiro atoms. The van der Waals surface area contributed by atoms with E-state index in [1.807, 2.05) is 12.1 Å². The predicted octanol–water partition coefficient (Wildman–Crippen LogP) is 3.08. The Morgan fingerprint density at radius 2 is 1.94 bits per heavy atom. The third-order valence-electron chi connectivity index (χ3n) is 5.06. The third-order valence-corrected chi connectivity index (χ3v) is 5.34. The van der Waals surface area contributed by atoms with E-state index in [9.17, 15) is 14.4 Å². The Labute approximate surface area is 186 Å². The number of benzene rings is 2. The minimum Gasteiger partial charge on any atom is -0.486 e. The summed E-state index contributed by atoms with van der Waals surface area (Å²) in [6.07, 6.45) is 0.664. The van der Waals surface area contributed by atoms with Gasteiger partial charge in [-0.05, 0) is 35.4 Å². The van der Waals surface area contributed by atoms with E-state index in [2.05, 4.69) is 5.32 Å². The van der Waals surface area contributed by atoms with E-state index in [4.69, 9.17) is 21.1 Å². The maximum absolute atomic E-state index is 12.0. The van der Waals surface area contributed by atoms with Gasteiger partial charge in [-0.15, -0.1) is 0 Å². The number of rotatable bonds is 7. The topological polar surface area (TPSA) is 84.9 Å². The molecule has 0 aliphatic carbocycles. The number of fused-ring (bicyclic) bond motifs is 1. The Hall–Kier alpha value is -3.06. The average Bonchev–Trinajstić information content (AvgIpc) is 3.19. The lowest BCUT2D eigenvalue weighted by molar-refractivity contribution is -0.131. The molecule has 0 radical (unpaired) electrons. The van der Waals surface area contributed by atoms with E-state index in [0.29, 0.717) is 29.3 Å². The molecule has 3 rings (SSSR count). The third kappa shape index (κ3) is 5.55. The predicted molar refractivity (Wildman–Crippen MR) is 117 cm³/mol. The fourth-order valence-electron chi connectivity index (χ4n) is 3.37. The molecule has 2 aromatic rings. The summed E-state index contributed by atoms with van der Waals surface area (Å²) < 4.78 is 10.7. The highest BCUT2D eigenvalue weighted by molar-refractivity contribution is 6.32. The van der Waals surface area contributed by atoms with Crippen LogP contribution < -0.4 is 10.1 Å². The first kappa shape index (κ1) is 22.6. The first-order valence-corrected chi connectivity index (χ1v) is 10.3. The summed E-state index contributed by atoms with van der Waals surface area (Å²) in [5.41, 5.74) is 3.11. The Bertz CT molecular complexity index is 1010.